The van der Waals surface area contributed by atoms with Crippen LogP contribution in [0.15, 0.2) is 0 Å². The molecule has 0 aromatic heterocycles. The minimum atomic E-state index is -3.33. The summed E-state index contributed by atoms with van der Waals surface area (Å²) in [6.45, 7) is 10.5. The van der Waals surface area contributed by atoms with E-state index in [4.69, 9.17) is 9.88 Å². The highest BCUT2D eigenvalue weighted by Gasteiger charge is 2.18. The lowest BCUT2D eigenvalue weighted by Crippen LogP contribution is -2.17. The smallest absolute Gasteiger partial charge is 0.209 e. The lowest BCUT2D eigenvalue weighted by Gasteiger charge is -2.24. The maximum atomic E-state index is 11.2. The summed E-state index contributed by atoms with van der Waals surface area (Å²) in [5.74, 6) is 0.362. The van der Waals surface area contributed by atoms with Crippen molar-refractivity contribution in [2.45, 2.75) is 98.3 Å². The Hall–Kier alpha value is -0.180. The molecule has 0 rings (SSSR count). The molecule has 0 saturated heterocycles. The van der Waals surface area contributed by atoms with E-state index in [9.17, 15) is 16.8 Å². The number of hydrogen-bond donors (Lipinski definition) is 1. The van der Waals surface area contributed by atoms with Gasteiger partial charge in [-0.15, -0.1) is 0 Å². The molecule has 30 heavy (non-hydrogen) atoms. The first-order valence-electron chi connectivity index (χ1n) is 11.4. The van der Waals surface area contributed by atoms with Gasteiger partial charge in [0.15, 0.2) is 0 Å². The van der Waals surface area contributed by atoms with Crippen molar-refractivity contribution >= 4 is 19.9 Å². The van der Waals surface area contributed by atoms with Gasteiger partial charge in [0, 0.05) is 25.2 Å². The van der Waals surface area contributed by atoms with Gasteiger partial charge in [-0.3, -0.25) is 0 Å². The van der Waals surface area contributed by atoms with E-state index < -0.39 is 19.9 Å². The van der Waals surface area contributed by atoms with Crippen molar-refractivity contribution in [1.29, 1.82) is 0 Å². The van der Waals surface area contributed by atoms with Crippen molar-refractivity contribution in [3.63, 3.8) is 0 Å². The fraction of sp³-hybridized carbons (Fsp3) is 1.00. The quantitative estimate of drug-likeness (QED) is 0.277. The third-order valence-electron chi connectivity index (χ3n) is 5.69. The van der Waals surface area contributed by atoms with Gasteiger partial charge in [0.05, 0.1) is 5.75 Å². The van der Waals surface area contributed by atoms with Crippen LogP contribution >= 0.6 is 0 Å². The zero-order valence-electron chi connectivity index (χ0n) is 20.0. The molecule has 0 aliphatic heterocycles. The number of rotatable bonds is 19. The fourth-order valence-electron chi connectivity index (χ4n) is 3.69. The van der Waals surface area contributed by atoms with Gasteiger partial charge in [0.1, 0.15) is 9.84 Å². The van der Waals surface area contributed by atoms with Crippen LogP contribution in [-0.2, 0) is 24.6 Å². The Morgan fingerprint density at radius 3 is 1.43 bits per heavy atom. The lowest BCUT2D eigenvalue weighted by molar-refractivity contribution is 0.119. The van der Waals surface area contributed by atoms with Crippen molar-refractivity contribution in [3.05, 3.63) is 0 Å². The van der Waals surface area contributed by atoms with Gasteiger partial charge >= 0.3 is 0 Å². The Morgan fingerprint density at radius 2 is 1.03 bits per heavy atom. The van der Waals surface area contributed by atoms with Crippen LogP contribution in [0.2, 0.25) is 0 Å². The summed E-state index contributed by atoms with van der Waals surface area (Å²) in [6, 6.07) is 0. The van der Waals surface area contributed by atoms with Crippen LogP contribution in [0.5, 0.6) is 0 Å². The normalized spacial score (nSPS) is 13.7. The number of hydrogen-bond acceptors (Lipinski definition) is 5. The van der Waals surface area contributed by atoms with Crippen molar-refractivity contribution < 1.29 is 21.6 Å². The number of ether oxygens (including phenoxy) is 1. The maximum Gasteiger partial charge on any atom is 0.209 e. The van der Waals surface area contributed by atoms with Gasteiger partial charge in [-0.05, 0) is 62.2 Å². The lowest BCUT2D eigenvalue weighted by atomic mass is 9.82. The van der Waals surface area contributed by atoms with E-state index in [0.29, 0.717) is 6.42 Å². The zero-order valence-corrected chi connectivity index (χ0v) is 21.7. The Bertz CT molecular complexity index is 655. The van der Waals surface area contributed by atoms with Crippen molar-refractivity contribution in [3.8, 4) is 0 Å². The average molecular weight is 470 g/mol. The van der Waals surface area contributed by atoms with E-state index in [1.807, 2.05) is 0 Å². The highest BCUT2D eigenvalue weighted by atomic mass is 32.2. The molecular formula is C22H47NO5S2. The molecule has 0 atom stereocenters. The molecule has 182 valence electrons. The Kier molecular flexibility index (Phi) is 14.0. The van der Waals surface area contributed by atoms with Gasteiger partial charge in [0.2, 0.25) is 10.0 Å². The summed E-state index contributed by atoms with van der Waals surface area (Å²) in [7, 11) is -6.19. The first-order chi connectivity index (χ1) is 13.6. The molecule has 2 N–H and O–H groups in total. The summed E-state index contributed by atoms with van der Waals surface area (Å²) >= 11 is 0. The van der Waals surface area contributed by atoms with Crippen LogP contribution in [0.3, 0.4) is 0 Å². The minimum absolute atomic E-state index is 0.0781. The Morgan fingerprint density at radius 1 is 0.633 bits per heavy atom. The zero-order chi connectivity index (χ0) is 23.3. The second kappa shape index (κ2) is 14.1. The maximum absolute atomic E-state index is 11.2. The van der Waals surface area contributed by atoms with Gasteiger partial charge in [-0.1, -0.05) is 47.0 Å². The van der Waals surface area contributed by atoms with E-state index >= 15 is 0 Å². The molecule has 0 heterocycles. The van der Waals surface area contributed by atoms with Crippen molar-refractivity contribution in [2.24, 2.45) is 16.0 Å². The number of nitrogens with two attached hydrogens (primary N) is 1. The van der Waals surface area contributed by atoms with Crippen molar-refractivity contribution in [2.75, 3.05) is 31.0 Å². The summed E-state index contributed by atoms with van der Waals surface area (Å²) in [5.41, 5.74) is 0.408. The summed E-state index contributed by atoms with van der Waals surface area (Å²) in [6.07, 6.45) is 12.1. The molecule has 0 aromatic rings. The molecule has 0 fully saturated rings. The second-order valence-corrected chi connectivity index (χ2v) is 14.4. The summed E-state index contributed by atoms with van der Waals surface area (Å²) < 4.78 is 50.1. The van der Waals surface area contributed by atoms with Crippen LogP contribution in [-0.4, -0.2) is 47.8 Å². The molecule has 0 unspecified atom stereocenters. The Labute approximate surface area is 186 Å². The molecule has 0 radical (unpaired) electrons. The van der Waals surface area contributed by atoms with E-state index in [2.05, 4.69) is 27.7 Å². The number of sulfone groups is 1. The molecule has 0 aliphatic carbocycles. The number of primary sulfonamides is 1. The third kappa shape index (κ3) is 21.1. The van der Waals surface area contributed by atoms with Crippen LogP contribution in [0.4, 0.5) is 0 Å². The van der Waals surface area contributed by atoms with Gasteiger partial charge in [-0.25, -0.2) is 22.0 Å². The number of unbranched alkanes of at least 4 members (excludes halogenated alkanes) is 3. The van der Waals surface area contributed by atoms with Gasteiger partial charge < -0.3 is 4.74 Å². The van der Waals surface area contributed by atoms with Crippen LogP contribution in [0, 0.1) is 10.8 Å². The Balaban J connectivity index is 3.66. The molecule has 0 amide bonds. The third-order valence-corrected chi connectivity index (χ3v) is 7.57. The monoisotopic (exact) mass is 469 g/mol. The highest BCUT2D eigenvalue weighted by Crippen LogP contribution is 2.30. The van der Waals surface area contributed by atoms with Gasteiger partial charge in [-0.2, -0.15) is 0 Å². The molecule has 0 bridgehead atoms. The average Bonchev–Trinajstić information content (AvgIpc) is 2.55. The predicted octanol–water partition coefficient (Wildman–Crippen LogP) is 4.68. The first-order valence-corrected chi connectivity index (χ1v) is 15.2. The standard InChI is InChI=1S/C22H47NO5S2/c1-21(2,15-8-11-20-30(23,26)27)13-6-9-17-28-18-10-7-14-22(3,4)16-12-19-29(5,24)25/h6-20H2,1-5H3,(H2,23,26,27). The van der Waals surface area contributed by atoms with Crippen LogP contribution < -0.4 is 5.14 Å². The molecule has 6 nitrogen and oxygen atoms in total. The summed E-state index contributed by atoms with van der Waals surface area (Å²) in [5, 5.41) is 5.04. The molecular weight excluding hydrogens is 422 g/mol. The largest absolute Gasteiger partial charge is 0.381 e. The molecule has 8 heteroatoms. The second-order valence-electron chi connectivity index (χ2n) is 10.4. The molecule has 0 aliphatic rings. The highest BCUT2D eigenvalue weighted by molar-refractivity contribution is 7.90. The molecule has 0 aromatic carbocycles. The fourth-order valence-corrected chi connectivity index (χ4v) is 4.96. The van der Waals surface area contributed by atoms with E-state index in [1.54, 1.807) is 0 Å². The molecule has 0 saturated carbocycles. The summed E-state index contributed by atoms with van der Waals surface area (Å²) in [4.78, 5) is 0. The SMILES string of the molecule is CC(C)(CCCCOCCCCC(C)(C)CCCS(C)(=O)=O)CCCCS(N)(=O)=O. The van der Waals surface area contributed by atoms with E-state index in [0.717, 1.165) is 77.4 Å². The first kappa shape index (κ1) is 29.8. The predicted molar refractivity (Wildman–Crippen MR) is 127 cm³/mol. The topological polar surface area (TPSA) is 104 Å². The number of sulfonamides is 1. The van der Waals surface area contributed by atoms with Crippen molar-refractivity contribution in [1.82, 2.24) is 0 Å². The van der Waals surface area contributed by atoms with Crippen LogP contribution in [0.1, 0.15) is 98.3 Å². The van der Waals surface area contributed by atoms with Crippen LogP contribution in [0.25, 0.3) is 0 Å². The van der Waals surface area contributed by atoms with E-state index in [1.165, 1.54) is 6.26 Å². The van der Waals surface area contributed by atoms with E-state index in [-0.39, 0.29) is 22.3 Å². The minimum Gasteiger partial charge on any atom is -0.381 e. The molecule has 0 spiro atoms. The van der Waals surface area contributed by atoms with Gasteiger partial charge in [0.25, 0.3) is 0 Å².